The van der Waals surface area contributed by atoms with E-state index in [1.807, 2.05) is 26.8 Å². The molecule has 1 aromatic rings. The number of aryl methyl sites for hydroxylation is 1. The molecule has 0 saturated heterocycles. The maximum atomic E-state index is 11.4. The molecule has 0 aliphatic rings. The van der Waals surface area contributed by atoms with Gasteiger partial charge in [-0.2, -0.15) is 5.10 Å². The summed E-state index contributed by atoms with van der Waals surface area (Å²) >= 11 is 5.65. The number of alkyl carbamates (subject to hydrolysis) is 1. The zero-order valence-electron chi connectivity index (χ0n) is 11.6. The summed E-state index contributed by atoms with van der Waals surface area (Å²) in [5, 5.41) is 10.9. The van der Waals surface area contributed by atoms with E-state index >= 15 is 0 Å². The first-order valence-electron chi connectivity index (χ1n) is 6.32. The van der Waals surface area contributed by atoms with Gasteiger partial charge in [-0.25, -0.2) is 4.79 Å². The summed E-state index contributed by atoms with van der Waals surface area (Å²) in [5.74, 6) is 0. The molecule has 0 spiro atoms. The minimum atomic E-state index is -0.455. The van der Waals surface area contributed by atoms with Crippen LogP contribution >= 0.6 is 11.6 Å². The fourth-order valence-electron chi connectivity index (χ4n) is 1.41. The Kier molecular flexibility index (Phi) is 6.02. The molecule has 0 aromatic carbocycles. The third kappa shape index (κ3) is 7.62. The minimum Gasteiger partial charge on any atom is -0.444 e. The number of carbonyl (C=O) groups excluding carboxylic acids is 1. The molecule has 1 rings (SSSR count). The highest BCUT2D eigenvalue weighted by Crippen LogP contribution is 2.07. The van der Waals surface area contributed by atoms with Crippen molar-refractivity contribution in [3.05, 3.63) is 23.0 Å². The van der Waals surface area contributed by atoms with E-state index < -0.39 is 5.60 Å². The van der Waals surface area contributed by atoms with Gasteiger partial charge in [-0.1, -0.05) is 11.6 Å². The third-order valence-corrected chi connectivity index (χ3v) is 2.42. The Balaban J connectivity index is 2.11. The van der Waals surface area contributed by atoms with Crippen LogP contribution in [0.1, 0.15) is 39.3 Å². The molecule has 0 atom stereocenters. The Morgan fingerprint density at radius 3 is 2.63 bits per heavy atom. The van der Waals surface area contributed by atoms with Crippen molar-refractivity contribution < 1.29 is 9.53 Å². The van der Waals surface area contributed by atoms with E-state index in [0.29, 0.717) is 11.7 Å². The van der Waals surface area contributed by atoms with E-state index in [4.69, 9.17) is 16.3 Å². The summed E-state index contributed by atoms with van der Waals surface area (Å²) in [5.41, 5.74) is 0.449. The van der Waals surface area contributed by atoms with Gasteiger partial charge in [0.1, 0.15) is 5.60 Å². The topological polar surface area (TPSA) is 64.1 Å². The van der Waals surface area contributed by atoms with Crippen molar-refractivity contribution in [2.24, 2.45) is 0 Å². The molecule has 5 nitrogen and oxygen atoms in total. The molecule has 19 heavy (non-hydrogen) atoms. The predicted octanol–water partition coefficient (Wildman–Crippen LogP) is 2.98. The lowest BCUT2D eigenvalue weighted by atomic mass is 10.2. The lowest BCUT2D eigenvalue weighted by Crippen LogP contribution is -2.33. The number of amides is 1. The summed E-state index contributed by atoms with van der Waals surface area (Å²) in [6.45, 7) is 6.11. The molecule has 106 valence electrons. The highest BCUT2D eigenvalue weighted by molar-refractivity contribution is 6.29. The van der Waals surface area contributed by atoms with Gasteiger partial charge in [-0.3, -0.25) is 0 Å². The van der Waals surface area contributed by atoms with E-state index in [1.165, 1.54) is 0 Å². The smallest absolute Gasteiger partial charge is 0.407 e. The highest BCUT2D eigenvalue weighted by Gasteiger charge is 2.15. The molecular formula is C13H20ClN3O2. The van der Waals surface area contributed by atoms with E-state index in [1.54, 1.807) is 6.07 Å². The molecule has 0 fully saturated rings. The van der Waals surface area contributed by atoms with E-state index in [2.05, 4.69) is 15.5 Å². The Hall–Kier alpha value is -1.36. The molecule has 1 amide bonds. The quantitative estimate of drug-likeness (QED) is 0.845. The molecule has 0 saturated carbocycles. The Morgan fingerprint density at radius 1 is 1.32 bits per heavy atom. The van der Waals surface area contributed by atoms with Crippen LogP contribution in [-0.4, -0.2) is 28.4 Å². The molecule has 1 aromatic heterocycles. The number of rotatable bonds is 5. The van der Waals surface area contributed by atoms with Gasteiger partial charge >= 0.3 is 6.09 Å². The SMILES string of the molecule is CC(C)(C)OC(=O)NCCCCc1ccc(Cl)nn1. The Bertz CT molecular complexity index is 401. The van der Waals surface area contributed by atoms with Crippen LogP contribution < -0.4 is 5.32 Å². The standard InChI is InChI=1S/C13H20ClN3O2/c1-13(2,3)19-12(18)15-9-5-4-6-10-7-8-11(14)17-16-10/h7-8H,4-6,9H2,1-3H3,(H,15,18). The fourth-order valence-corrected chi connectivity index (χ4v) is 1.51. The lowest BCUT2D eigenvalue weighted by molar-refractivity contribution is 0.0527. The largest absolute Gasteiger partial charge is 0.444 e. The summed E-state index contributed by atoms with van der Waals surface area (Å²) in [7, 11) is 0. The molecular weight excluding hydrogens is 266 g/mol. The summed E-state index contributed by atoms with van der Waals surface area (Å²) in [6.07, 6.45) is 2.23. The monoisotopic (exact) mass is 285 g/mol. The second-order valence-corrected chi connectivity index (χ2v) is 5.62. The molecule has 0 bridgehead atoms. The maximum absolute atomic E-state index is 11.4. The zero-order chi connectivity index (χ0) is 14.3. The van der Waals surface area contributed by atoms with Gasteiger partial charge in [0.2, 0.25) is 0 Å². The van der Waals surface area contributed by atoms with Crippen molar-refractivity contribution >= 4 is 17.7 Å². The Morgan fingerprint density at radius 2 is 2.05 bits per heavy atom. The van der Waals surface area contributed by atoms with Gasteiger partial charge in [-0.05, 0) is 52.2 Å². The van der Waals surface area contributed by atoms with Crippen molar-refractivity contribution in [1.82, 2.24) is 15.5 Å². The zero-order valence-corrected chi connectivity index (χ0v) is 12.3. The second-order valence-electron chi connectivity index (χ2n) is 5.23. The summed E-state index contributed by atoms with van der Waals surface area (Å²) in [4.78, 5) is 11.4. The highest BCUT2D eigenvalue weighted by atomic mass is 35.5. The van der Waals surface area contributed by atoms with Crippen LogP contribution in [0.3, 0.4) is 0 Å². The first-order valence-corrected chi connectivity index (χ1v) is 6.69. The average molecular weight is 286 g/mol. The molecule has 1 N–H and O–H groups in total. The van der Waals surface area contributed by atoms with E-state index in [9.17, 15) is 4.79 Å². The number of halogens is 1. The van der Waals surface area contributed by atoms with Crippen LogP contribution in [0.5, 0.6) is 0 Å². The van der Waals surface area contributed by atoms with Gasteiger partial charge in [-0.15, -0.1) is 5.10 Å². The van der Waals surface area contributed by atoms with Crippen molar-refractivity contribution in [2.45, 2.75) is 45.6 Å². The van der Waals surface area contributed by atoms with Crippen molar-refractivity contribution in [3.8, 4) is 0 Å². The number of aromatic nitrogens is 2. The number of hydrogen-bond acceptors (Lipinski definition) is 4. The molecule has 0 radical (unpaired) electrons. The molecule has 0 unspecified atom stereocenters. The fraction of sp³-hybridized carbons (Fsp3) is 0.615. The van der Waals surface area contributed by atoms with E-state index in [0.717, 1.165) is 25.0 Å². The summed E-state index contributed by atoms with van der Waals surface area (Å²) in [6, 6.07) is 3.58. The molecule has 0 aliphatic heterocycles. The van der Waals surface area contributed by atoms with Gasteiger partial charge < -0.3 is 10.1 Å². The number of nitrogens with zero attached hydrogens (tertiary/aromatic N) is 2. The number of carbonyl (C=O) groups is 1. The maximum Gasteiger partial charge on any atom is 0.407 e. The average Bonchev–Trinajstić information content (AvgIpc) is 2.29. The van der Waals surface area contributed by atoms with Gasteiger partial charge in [0.05, 0.1) is 5.69 Å². The van der Waals surface area contributed by atoms with Crippen molar-refractivity contribution in [1.29, 1.82) is 0 Å². The first kappa shape index (κ1) is 15.7. The van der Waals surface area contributed by atoms with Crippen LogP contribution in [0.15, 0.2) is 12.1 Å². The number of ether oxygens (including phenoxy) is 1. The first-order chi connectivity index (χ1) is 8.87. The van der Waals surface area contributed by atoms with Crippen molar-refractivity contribution in [3.63, 3.8) is 0 Å². The van der Waals surface area contributed by atoms with Crippen LogP contribution in [0, 0.1) is 0 Å². The van der Waals surface area contributed by atoms with Gasteiger partial charge in [0.15, 0.2) is 5.15 Å². The molecule has 1 heterocycles. The lowest BCUT2D eigenvalue weighted by Gasteiger charge is -2.19. The third-order valence-electron chi connectivity index (χ3n) is 2.22. The van der Waals surface area contributed by atoms with Crippen molar-refractivity contribution in [2.75, 3.05) is 6.54 Å². The normalized spacial score (nSPS) is 11.2. The molecule has 6 heteroatoms. The van der Waals surface area contributed by atoms with E-state index in [-0.39, 0.29) is 6.09 Å². The summed E-state index contributed by atoms with van der Waals surface area (Å²) < 4.78 is 5.13. The van der Waals surface area contributed by atoms with Gasteiger partial charge in [0.25, 0.3) is 0 Å². The predicted molar refractivity (Wildman–Crippen MR) is 74.2 cm³/mol. The van der Waals surface area contributed by atoms with Crippen LogP contribution in [0.4, 0.5) is 4.79 Å². The number of nitrogens with one attached hydrogen (secondary N) is 1. The van der Waals surface area contributed by atoms with Crippen LogP contribution in [0.2, 0.25) is 5.15 Å². The molecule has 0 aliphatic carbocycles. The second kappa shape index (κ2) is 7.28. The Labute approximate surface area is 118 Å². The van der Waals surface area contributed by atoms with Crippen LogP contribution in [-0.2, 0) is 11.2 Å². The number of unbranched alkanes of at least 4 members (excludes halogenated alkanes) is 1. The number of hydrogen-bond donors (Lipinski definition) is 1. The minimum absolute atomic E-state index is 0.376. The van der Waals surface area contributed by atoms with Crippen LogP contribution in [0.25, 0.3) is 0 Å². The van der Waals surface area contributed by atoms with Gasteiger partial charge in [0, 0.05) is 6.54 Å².